The molecule has 1 amide bonds. The number of hydrogen-bond donors (Lipinski definition) is 2. The van der Waals surface area contributed by atoms with Crippen LogP contribution < -0.4 is 15.8 Å². The maximum atomic E-state index is 12.3. The smallest absolute Gasteiger partial charge is 0.412 e. The van der Waals surface area contributed by atoms with Crippen LogP contribution in [0.5, 0.6) is 5.75 Å². The zero-order valence-corrected chi connectivity index (χ0v) is 17.7. The molecule has 0 unspecified atom stereocenters. The Kier molecular flexibility index (Phi) is 5.10. The van der Waals surface area contributed by atoms with Crippen molar-refractivity contribution >= 4 is 28.6 Å². The highest BCUT2D eigenvalue weighted by Gasteiger charge is 2.25. The van der Waals surface area contributed by atoms with Crippen LogP contribution in [0.15, 0.2) is 54.9 Å². The number of nitrogen functional groups attached to an aromatic ring is 1. The van der Waals surface area contributed by atoms with Crippen LogP contribution in [0.3, 0.4) is 0 Å². The Labute approximate surface area is 185 Å². The summed E-state index contributed by atoms with van der Waals surface area (Å²) in [5.41, 5.74) is 12.7. The van der Waals surface area contributed by atoms with E-state index in [2.05, 4.69) is 19.9 Å². The van der Waals surface area contributed by atoms with Gasteiger partial charge in [0.1, 0.15) is 24.2 Å². The van der Waals surface area contributed by atoms with Crippen molar-refractivity contribution in [2.45, 2.75) is 25.9 Å². The van der Waals surface area contributed by atoms with Gasteiger partial charge in [-0.2, -0.15) is 0 Å². The Morgan fingerprint density at radius 2 is 2.00 bits per heavy atom. The highest BCUT2D eigenvalue weighted by molar-refractivity contribution is 5.92. The minimum Gasteiger partial charge on any atom is -0.494 e. The van der Waals surface area contributed by atoms with Gasteiger partial charge >= 0.3 is 6.09 Å². The molecule has 162 valence electrons. The number of methoxy groups -OCH3 is 1. The molecule has 3 N–H and O–H groups in total. The Hall–Kier alpha value is -4.07. The van der Waals surface area contributed by atoms with Gasteiger partial charge in [0.15, 0.2) is 5.82 Å². The van der Waals surface area contributed by atoms with Crippen molar-refractivity contribution in [2.75, 3.05) is 18.2 Å². The van der Waals surface area contributed by atoms with E-state index in [-0.39, 0.29) is 6.61 Å². The van der Waals surface area contributed by atoms with Gasteiger partial charge < -0.3 is 19.8 Å². The van der Waals surface area contributed by atoms with Crippen LogP contribution in [0, 0.1) is 0 Å². The van der Waals surface area contributed by atoms with Crippen LogP contribution >= 0.6 is 0 Å². The number of aryl methyl sites for hydroxylation is 1. The fourth-order valence-corrected chi connectivity index (χ4v) is 4.27. The predicted octanol–water partition coefficient (Wildman–Crippen LogP) is 4.25. The second kappa shape index (κ2) is 8.22. The molecule has 5 rings (SSSR count). The van der Waals surface area contributed by atoms with Crippen LogP contribution in [-0.2, 0) is 24.2 Å². The maximum Gasteiger partial charge on any atom is 0.412 e. The van der Waals surface area contributed by atoms with Crippen LogP contribution in [-0.4, -0.2) is 27.7 Å². The zero-order chi connectivity index (χ0) is 22.1. The van der Waals surface area contributed by atoms with Gasteiger partial charge in [0.25, 0.3) is 0 Å². The van der Waals surface area contributed by atoms with E-state index in [4.69, 9.17) is 15.2 Å². The molecule has 0 spiro atoms. The number of ether oxygens (including phenoxy) is 2. The van der Waals surface area contributed by atoms with E-state index >= 15 is 0 Å². The second-order valence-electron chi connectivity index (χ2n) is 7.64. The molecule has 8 nitrogen and oxygen atoms in total. The summed E-state index contributed by atoms with van der Waals surface area (Å²) in [4.78, 5) is 21.0. The molecule has 1 aliphatic carbocycles. The number of nitrogens with two attached hydrogens (primary N) is 1. The number of rotatable bonds is 5. The summed E-state index contributed by atoms with van der Waals surface area (Å²) in [5, 5.41) is 2.76. The number of aromatic nitrogens is 3. The van der Waals surface area contributed by atoms with Crippen molar-refractivity contribution < 1.29 is 14.3 Å². The molecule has 0 saturated carbocycles. The van der Waals surface area contributed by atoms with Crippen molar-refractivity contribution in [3.05, 3.63) is 71.7 Å². The van der Waals surface area contributed by atoms with Crippen molar-refractivity contribution in [3.63, 3.8) is 0 Å². The van der Waals surface area contributed by atoms with Crippen LogP contribution in [0.25, 0.3) is 16.7 Å². The van der Waals surface area contributed by atoms with Gasteiger partial charge in [0.2, 0.25) is 0 Å². The molecule has 2 aromatic carbocycles. The molecule has 0 atom stereocenters. The number of carbonyl (C=O) groups is 1. The van der Waals surface area contributed by atoms with Crippen molar-refractivity contribution in [1.29, 1.82) is 0 Å². The van der Waals surface area contributed by atoms with Gasteiger partial charge in [-0.1, -0.05) is 30.3 Å². The van der Waals surface area contributed by atoms with E-state index in [1.807, 2.05) is 42.5 Å². The summed E-state index contributed by atoms with van der Waals surface area (Å²) in [6.07, 6.45) is 3.95. The number of nitrogens with zero attached hydrogens (tertiary/aromatic N) is 3. The molecule has 1 aliphatic rings. The largest absolute Gasteiger partial charge is 0.494 e. The third kappa shape index (κ3) is 3.49. The number of anilines is 2. The average Bonchev–Trinajstić information content (AvgIpc) is 3.41. The van der Waals surface area contributed by atoms with Crippen LogP contribution in [0.2, 0.25) is 0 Å². The quantitative estimate of drug-likeness (QED) is 0.492. The second-order valence-corrected chi connectivity index (χ2v) is 7.64. The molecular weight excluding hydrogens is 406 g/mol. The minimum absolute atomic E-state index is 0.188. The Bertz CT molecular complexity index is 1300. The molecule has 32 heavy (non-hydrogen) atoms. The lowest BCUT2D eigenvalue weighted by molar-refractivity contribution is 0.155. The first kappa shape index (κ1) is 19.9. The highest BCUT2D eigenvalue weighted by atomic mass is 16.5. The van der Waals surface area contributed by atoms with Crippen molar-refractivity contribution in [2.24, 2.45) is 0 Å². The lowest BCUT2D eigenvalue weighted by Gasteiger charge is -2.15. The van der Waals surface area contributed by atoms with E-state index in [0.29, 0.717) is 17.3 Å². The van der Waals surface area contributed by atoms with E-state index < -0.39 is 6.09 Å². The summed E-state index contributed by atoms with van der Waals surface area (Å²) in [6, 6.07) is 15.1. The van der Waals surface area contributed by atoms with Gasteiger partial charge in [-0.05, 0) is 42.5 Å². The molecule has 4 aromatic rings. The summed E-state index contributed by atoms with van der Waals surface area (Å²) >= 11 is 0. The van der Waals surface area contributed by atoms with Crippen LogP contribution in [0.4, 0.5) is 16.3 Å². The van der Waals surface area contributed by atoms with Gasteiger partial charge in [0.05, 0.1) is 18.3 Å². The summed E-state index contributed by atoms with van der Waals surface area (Å²) in [7, 11) is 1.56. The number of amides is 1. The molecule has 0 radical (unpaired) electrons. The Morgan fingerprint density at radius 1 is 1.16 bits per heavy atom. The van der Waals surface area contributed by atoms with Crippen molar-refractivity contribution in [3.8, 4) is 11.4 Å². The first-order chi connectivity index (χ1) is 15.7. The van der Waals surface area contributed by atoms with E-state index in [9.17, 15) is 4.79 Å². The summed E-state index contributed by atoms with van der Waals surface area (Å²) in [5.74, 6) is 0.957. The van der Waals surface area contributed by atoms with E-state index in [1.165, 1.54) is 17.6 Å². The third-order valence-corrected chi connectivity index (χ3v) is 5.71. The summed E-state index contributed by atoms with van der Waals surface area (Å²) in [6.45, 7) is 0.188. The van der Waals surface area contributed by atoms with Gasteiger partial charge in [-0.3, -0.25) is 5.32 Å². The molecule has 8 heteroatoms. The third-order valence-electron chi connectivity index (χ3n) is 5.71. The molecular formula is C24H23N5O3. The molecule has 0 aliphatic heterocycles. The van der Waals surface area contributed by atoms with E-state index in [1.54, 1.807) is 13.2 Å². The number of fused-ring (bicyclic) bond motifs is 3. The normalized spacial score (nSPS) is 12.5. The molecule has 2 heterocycles. The van der Waals surface area contributed by atoms with E-state index in [0.717, 1.165) is 41.5 Å². The fourth-order valence-electron chi connectivity index (χ4n) is 4.27. The first-order valence-electron chi connectivity index (χ1n) is 10.4. The van der Waals surface area contributed by atoms with Gasteiger partial charge in [-0.25, -0.2) is 14.8 Å². The maximum absolute atomic E-state index is 12.3. The summed E-state index contributed by atoms with van der Waals surface area (Å²) < 4.78 is 13.0. The van der Waals surface area contributed by atoms with Crippen molar-refractivity contribution in [1.82, 2.24) is 14.5 Å². The SMILES string of the molecule is COc1cc(-n2c3c(c4ncnc(N)c42)CCC3)ccc1NC(=O)OCc1ccccc1. The topological polar surface area (TPSA) is 104 Å². The fraction of sp³-hybridized carbons (Fsp3) is 0.208. The number of benzene rings is 2. The Morgan fingerprint density at radius 3 is 2.81 bits per heavy atom. The zero-order valence-electron chi connectivity index (χ0n) is 17.7. The highest BCUT2D eigenvalue weighted by Crippen LogP contribution is 2.38. The lowest BCUT2D eigenvalue weighted by Crippen LogP contribution is -2.14. The number of carbonyl (C=O) groups excluding carboxylic acids is 1. The van der Waals surface area contributed by atoms with Gasteiger partial charge in [0, 0.05) is 17.4 Å². The average molecular weight is 429 g/mol. The monoisotopic (exact) mass is 429 g/mol. The molecule has 0 fully saturated rings. The van der Waals surface area contributed by atoms with Crippen LogP contribution in [0.1, 0.15) is 23.2 Å². The molecule has 2 aromatic heterocycles. The molecule has 0 bridgehead atoms. The molecule has 0 saturated heterocycles. The number of nitrogens with one attached hydrogen (secondary N) is 1. The minimum atomic E-state index is -0.551. The predicted molar refractivity (Wildman–Crippen MR) is 122 cm³/mol. The first-order valence-corrected chi connectivity index (χ1v) is 10.4. The Balaban J connectivity index is 1.44. The van der Waals surface area contributed by atoms with Gasteiger partial charge in [-0.15, -0.1) is 0 Å². The number of hydrogen-bond acceptors (Lipinski definition) is 6. The standard InChI is InChI=1S/C24H23N5O3/c1-31-20-12-16(10-11-18(20)28-24(30)32-13-15-6-3-2-4-7-15)29-19-9-5-8-17(19)21-22(29)23(25)27-14-26-21/h2-4,6-7,10-12,14H,5,8-9,13H2,1H3,(H,28,30)(H2,25,26,27). The lowest BCUT2D eigenvalue weighted by atomic mass is 10.2.